The van der Waals surface area contributed by atoms with E-state index in [-0.39, 0.29) is 0 Å². The zero-order chi connectivity index (χ0) is 13.6. The molecule has 96 valence electrons. The van der Waals surface area contributed by atoms with Gasteiger partial charge >= 0.3 is 0 Å². The molecule has 0 aliphatic carbocycles. The van der Waals surface area contributed by atoms with Crippen LogP contribution in [0.25, 0.3) is 22.6 Å². The van der Waals surface area contributed by atoms with E-state index < -0.39 is 0 Å². The largest absolute Gasteiger partial charge is 0.436 e. The Morgan fingerprint density at radius 1 is 1.16 bits per heavy atom. The lowest BCUT2D eigenvalue weighted by molar-refractivity contribution is 0.617. The highest BCUT2D eigenvalue weighted by atomic mass is 35.5. The number of nitrogen functional groups attached to an aromatic ring is 1. The number of halogens is 1. The first-order valence-electron chi connectivity index (χ1n) is 5.98. The van der Waals surface area contributed by atoms with Gasteiger partial charge in [-0.1, -0.05) is 23.7 Å². The lowest BCUT2D eigenvalue weighted by Gasteiger charge is -2.04. The zero-order valence-electron chi connectivity index (χ0n) is 10.7. The maximum absolute atomic E-state index is 6.04. The molecule has 0 atom stereocenters. The molecule has 0 fully saturated rings. The molecule has 3 nitrogen and oxygen atoms in total. The summed E-state index contributed by atoms with van der Waals surface area (Å²) >= 11 is 6.04. The summed E-state index contributed by atoms with van der Waals surface area (Å²) in [5, 5.41) is 0.655. The van der Waals surface area contributed by atoms with Crippen LogP contribution in [0.15, 0.2) is 34.7 Å². The van der Waals surface area contributed by atoms with Crippen molar-refractivity contribution in [3.63, 3.8) is 0 Å². The molecular formula is C15H13ClN2O. The molecule has 2 N–H and O–H groups in total. The number of nitrogens with two attached hydrogens (primary N) is 1. The van der Waals surface area contributed by atoms with Crippen LogP contribution >= 0.6 is 11.6 Å². The van der Waals surface area contributed by atoms with Crippen LogP contribution in [-0.2, 0) is 0 Å². The van der Waals surface area contributed by atoms with Gasteiger partial charge in [0.15, 0.2) is 5.58 Å². The third kappa shape index (κ3) is 1.96. The topological polar surface area (TPSA) is 52.0 Å². The van der Waals surface area contributed by atoms with E-state index in [0.717, 1.165) is 27.8 Å². The van der Waals surface area contributed by atoms with Crippen molar-refractivity contribution >= 4 is 28.4 Å². The SMILES string of the molecule is Cc1cccc(N)c1-c1nc2cc(Cl)cc(C)c2o1. The van der Waals surface area contributed by atoms with Crippen molar-refractivity contribution in [1.29, 1.82) is 0 Å². The van der Waals surface area contributed by atoms with Crippen LogP contribution in [0.2, 0.25) is 5.02 Å². The fourth-order valence-electron chi connectivity index (χ4n) is 2.25. The number of hydrogen-bond acceptors (Lipinski definition) is 3. The first-order chi connectivity index (χ1) is 9.06. The molecule has 19 heavy (non-hydrogen) atoms. The van der Waals surface area contributed by atoms with Crippen molar-refractivity contribution in [3.8, 4) is 11.5 Å². The molecule has 0 unspecified atom stereocenters. The van der Waals surface area contributed by atoms with E-state index in [1.165, 1.54) is 0 Å². The molecule has 0 saturated carbocycles. The second kappa shape index (κ2) is 4.28. The number of aromatic nitrogens is 1. The molecule has 0 radical (unpaired) electrons. The third-order valence-electron chi connectivity index (χ3n) is 3.16. The number of oxazole rings is 1. The van der Waals surface area contributed by atoms with Crippen LogP contribution in [-0.4, -0.2) is 4.98 Å². The molecule has 3 aromatic rings. The van der Waals surface area contributed by atoms with Gasteiger partial charge in [-0.3, -0.25) is 0 Å². The average molecular weight is 273 g/mol. The summed E-state index contributed by atoms with van der Waals surface area (Å²) < 4.78 is 5.85. The minimum atomic E-state index is 0.538. The highest BCUT2D eigenvalue weighted by Gasteiger charge is 2.15. The molecule has 0 aliphatic heterocycles. The standard InChI is InChI=1S/C15H13ClN2O/c1-8-4-3-5-11(17)13(8)15-18-12-7-10(16)6-9(2)14(12)19-15/h3-7H,17H2,1-2H3. The first-order valence-corrected chi connectivity index (χ1v) is 6.36. The lowest BCUT2D eigenvalue weighted by atomic mass is 10.1. The van der Waals surface area contributed by atoms with E-state index in [0.29, 0.717) is 16.6 Å². The van der Waals surface area contributed by atoms with Crippen LogP contribution in [0, 0.1) is 13.8 Å². The van der Waals surface area contributed by atoms with Gasteiger partial charge in [-0.2, -0.15) is 0 Å². The Labute approximate surface area is 116 Å². The van der Waals surface area contributed by atoms with Crippen LogP contribution in [0.4, 0.5) is 5.69 Å². The lowest BCUT2D eigenvalue weighted by Crippen LogP contribution is -1.92. The van der Waals surface area contributed by atoms with E-state index in [4.69, 9.17) is 21.8 Å². The second-order valence-electron chi connectivity index (χ2n) is 4.63. The Balaban J connectivity index is 2.30. The smallest absolute Gasteiger partial charge is 0.229 e. The monoisotopic (exact) mass is 272 g/mol. The van der Waals surface area contributed by atoms with Gasteiger partial charge in [-0.25, -0.2) is 4.98 Å². The Morgan fingerprint density at radius 3 is 2.68 bits per heavy atom. The van der Waals surface area contributed by atoms with Crippen LogP contribution < -0.4 is 5.73 Å². The Hall–Kier alpha value is -2.00. The number of anilines is 1. The van der Waals surface area contributed by atoms with Gasteiger partial charge in [-0.15, -0.1) is 0 Å². The van der Waals surface area contributed by atoms with E-state index in [1.54, 1.807) is 6.07 Å². The number of aryl methyl sites for hydroxylation is 2. The summed E-state index contributed by atoms with van der Waals surface area (Å²) in [6, 6.07) is 9.40. The molecule has 0 bridgehead atoms. The Kier molecular flexibility index (Phi) is 2.72. The van der Waals surface area contributed by atoms with Crippen LogP contribution in [0.3, 0.4) is 0 Å². The van der Waals surface area contributed by atoms with Gasteiger partial charge in [-0.05, 0) is 43.2 Å². The minimum absolute atomic E-state index is 0.538. The van der Waals surface area contributed by atoms with E-state index in [9.17, 15) is 0 Å². The van der Waals surface area contributed by atoms with Crippen molar-refractivity contribution < 1.29 is 4.42 Å². The minimum Gasteiger partial charge on any atom is -0.436 e. The normalized spacial score (nSPS) is 11.1. The van der Waals surface area contributed by atoms with Crippen LogP contribution in [0.5, 0.6) is 0 Å². The summed E-state index contributed by atoms with van der Waals surface area (Å²) in [6.45, 7) is 3.94. The van der Waals surface area contributed by atoms with Crippen molar-refractivity contribution in [3.05, 3.63) is 46.5 Å². The molecular weight excluding hydrogens is 260 g/mol. The molecule has 0 aliphatic rings. The van der Waals surface area contributed by atoms with Gasteiger partial charge in [0.05, 0.1) is 5.56 Å². The third-order valence-corrected chi connectivity index (χ3v) is 3.38. The van der Waals surface area contributed by atoms with E-state index in [2.05, 4.69) is 4.98 Å². The summed E-state index contributed by atoms with van der Waals surface area (Å²) in [5.74, 6) is 0.538. The zero-order valence-corrected chi connectivity index (χ0v) is 11.5. The maximum Gasteiger partial charge on any atom is 0.229 e. The predicted octanol–water partition coefficient (Wildman–Crippen LogP) is 4.35. The molecule has 2 aromatic carbocycles. The number of hydrogen-bond donors (Lipinski definition) is 1. The highest BCUT2D eigenvalue weighted by Crippen LogP contribution is 2.33. The number of fused-ring (bicyclic) bond motifs is 1. The second-order valence-corrected chi connectivity index (χ2v) is 5.07. The number of rotatable bonds is 1. The van der Waals surface area contributed by atoms with Crippen molar-refractivity contribution in [2.45, 2.75) is 13.8 Å². The summed E-state index contributed by atoms with van der Waals surface area (Å²) in [7, 11) is 0. The van der Waals surface area contributed by atoms with Crippen molar-refractivity contribution in [2.75, 3.05) is 5.73 Å². The van der Waals surface area contributed by atoms with E-state index >= 15 is 0 Å². The fraction of sp³-hybridized carbons (Fsp3) is 0.133. The summed E-state index contributed by atoms with van der Waals surface area (Å²) in [4.78, 5) is 4.50. The number of benzene rings is 2. The quantitative estimate of drug-likeness (QED) is 0.670. The van der Waals surface area contributed by atoms with Crippen molar-refractivity contribution in [2.24, 2.45) is 0 Å². The van der Waals surface area contributed by atoms with Crippen LogP contribution in [0.1, 0.15) is 11.1 Å². The van der Waals surface area contributed by atoms with Gasteiger partial charge in [0.25, 0.3) is 0 Å². The Morgan fingerprint density at radius 2 is 1.95 bits per heavy atom. The molecule has 0 spiro atoms. The molecule has 3 rings (SSSR count). The highest BCUT2D eigenvalue weighted by molar-refractivity contribution is 6.31. The first kappa shape index (κ1) is 12.1. The molecule has 4 heteroatoms. The molecule has 0 amide bonds. The molecule has 1 aromatic heterocycles. The average Bonchev–Trinajstić information content (AvgIpc) is 2.72. The summed E-state index contributed by atoms with van der Waals surface area (Å²) in [5.41, 5.74) is 11.0. The fourth-order valence-corrected chi connectivity index (χ4v) is 2.51. The summed E-state index contributed by atoms with van der Waals surface area (Å²) in [6.07, 6.45) is 0. The molecule has 0 saturated heterocycles. The van der Waals surface area contributed by atoms with Gasteiger partial charge in [0, 0.05) is 10.7 Å². The maximum atomic E-state index is 6.04. The van der Waals surface area contributed by atoms with Gasteiger partial charge < -0.3 is 10.2 Å². The van der Waals surface area contributed by atoms with Gasteiger partial charge in [0.2, 0.25) is 5.89 Å². The number of nitrogens with zero attached hydrogens (tertiary/aromatic N) is 1. The molecule has 1 heterocycles. The van der Waals surface area contributed by atoms with E-state index in [1.807, 2.05) is 38.1 Å². The van der Waals surface area contributed by atoms with Gasteiger partial charge in [0.1, 0.15) is 5.52 Å². The Bertz CT molecular complexity index is 757. The van der Waals surface area contributed by atoms with Crippen molar-refractivity contribution in [1.82, 2.24) is 4.98 Å². The predicted molar refractivity (Wildman–Crippen MR) is 78.3 cm³/mol.